The Morgan fingerprint density at radius 1 is 1.19 bits per heavy atom. The fourth-order valence-electron chi connectivity index (χ4n) is 3.80. The second-order valence-corrected chi connectivity index (χ2v) is 9.45. The first kappa shape index (κ1) is 21.9. The van der Waals surface area contributed by atoms with Crippen LogP contribution in [0, 0.1) is 10.8 Å². The fourth-order valence-corrected chi connectivity index (χ4v) is 3.80. The highest BCUT2D eigenvalue weighted by Gasteiger charge is 2.52. The van der Waals surface area contributed by atoms with Crippen molar-refractivity contribution in [2.24, 2.45) is 5.92 Å². The minimum atomic E-state index is -1.76. The summed E-state index contributed by atoms with van der Waals surface area (Å²) in [6, 6.07) is 0. The van der Waals surface area contributed by atoms with Crippen molar-refractivity contribution in [1.29, 1.82) is 0 Å². The maximum absolute atomic E-state index is 12.9. The van der Waals surface area contributed by atoms with Gasteiger partial charge in [-0.05, 0) is 58.4 Å². The Morgan fingerprint density at radius 2 is 1.78 bits per heavy atom. The molecule has 2 rings (SSSR count). The number of hydrogen-bond acceptors (Lipinski definition) is 6. The van der Waals surface area contributed by atoms with E-state index in [4.69, 9.17) is 0 Å². The molecule has 0 spiro atoms. The van der Waals surface area contributed by atoms with Gasteiger partial charge in [0.25, 0.3) is 0 Å². The molecule has 0 amide bonds. The van der Waals surface area contributed by atoms with Crippen LogP contribution in [0.4, 0.5) is 0 Å². The number of aliphatic hydroxyl groups is 3. The van der Waals surface area contributed by atoms with E-state index in [2.05, 4.69) is 0 Å². The predicted octanol–water partition coefficient (Wildman–Crippen LogP) is 1.46. The topological polar surface area (TPSA) is 115 Å². The lowest BCUT2D eigenvalue weighted by Crippen LogP contribution is -2.55. The summed E-state index contributed by atoms with van der Waals surface area (Å²) in [6.45, 7) is 7.64. The highest BCUT2D eigenvalue weighted by atomic mass is 16.3. The third kappa shape index (κ3) is 4.36. The number of carbonyl (C=O) groups is 2. The Hall–Kier alpha value is -1.44. The van der Waals surface area contributed by atoms with Crippen molar-refractivity contribution in [3.05, 3.63) is 16.6 Å². The van der Waals surface area contributed by atoms with Crippen molar-refractivity contribution < 1.29 is 29.7 Å². The van der Waals surface area contributed by atoms with Crippen LogP contribution in [-0.4, -0.2) is 60.5 Å². The van der Waals surface area contributed by atoms with Crippen LogP contribution in [0.5, 0.6) is 0 Å². The van der Waals surface area contributed by atoms with E-state index in [9.17, 15) is 29.8 Å². The second-order valence-electron chi connectivity index (χ2n) is 9.45. The summed E-state index contributed by atoms with van der Waals surface area (Å²) >= 11 is 0. The molecule has 0 radical (unpaired) electrons. The zero-order valence-corrected chi connectivity index (χ0v) is 16.9. The van der Waals surface area contributed by atoms with Crippen LogP contribution in [0.25, 0.3) is 0 Å². The molecule has 2 aliphatic rings. The van der Waals surface area contributed by atoms with E-state index in [1.165, 1.54) is 13.0 Å². The van der Waals surface area contributed by atoms with Crippen LogP contribution in [0.3, 0.4) is 0 Å². The van der Waals surface area contributed by atoms with E-state index in [0.717, 1.165) is 0 Å². The van der Waals surface area contributed by atoms with Gasteiger partial charge in [-0.15, -0.1) is 0 Å². The van der Waals surface area contributed by atoms with Crippen LogP contribution in [0.1, 0.15) is 66.7 Å². The smallest absolute Gasteiger partial charge is 0.228 e. The number of ketones is 2. The van der Waals surface area contributed by atoms with Gasteiger partial charge in [0.15, 0.2) is 17.2 Å². The number of Topliss-reactive ketones (excluding diaryl/α,β-unsaturated/α-hetero) is 1. The summed E-state index contributed by atoms with van der Waals surface area (Å²) in [4.78, 5) is 37.4. The Kier molecular flexibility index (Phi) is 5.56. The molecule has 3 unspecified atom stereocenters. The zero-order chi connectivity index (χ0) is 20.8. The summed E-state index contributed by atoms with van der Waals surface area (Å²) in [5.74, 6) is -1.13. The number of carbonyl (C=O) groups excluding carboxylic acids is 2. The van der Waals surface area contributed by atoms with Crippen LogP contribution in [0.2, 0.25) is 0 Å². The molecular formula is C20H32NO6+. The lowest BCUT2D eigenvalue weighted by Gasteiger charge is -2.38. The number of hydrogen-bond donors (Lipinski definition) is 3. The summed E-state index contributed by atoms with van der Waals surface area (Å²) in [7, 11) is 0. The average Bonchev–Trinajstić information content (AvgIpc) is 2.51. The molecule has 3 N–H and O–H groups in total. The molecular weight excluding hydrogens is 350 g/mol. The van der Waals surface area contributed by atoms with Crippen molar-refractivity contribution >= 4 is 11.6 Å². The van der Waals surface area contributed by atoms with E-state index in [1.807, 2.05) is 0 Å². The highest BCUT2D eigenvalue weighted by Crippen LogP contribution is 2.38. The van der Waals surface area contributed by atoms with Gasteiger partial charge in [-0.1, -0.05) is 0 Å². The molecule has 1 saturated carbocycles. The highest BCUT2D eigenvalue weighted by molar-refractivity contribution is 5.98. The van der Waals surface area contributed by atoms with Crippen molar-refractivity contribution in [1.82, 2.24) is 0 Å². The third-order valence-corrected chi connectivity index (χ3v) is 6.39. The first-order valence-electron chi connectivity index (χ1n) is 9.50. The van der Waals surface area contributed by atoms with Gasteiger partial charge in [0.2, 0.25) is 12.1 Å². The minimum Gasteiger partial charge on any atom is -0.390 e. The van der Waals surface area contributed by atoms with Crippen molar-refractivity contribution in [3.8, 4) is 0 Å². The van der Waals surface area contributed by atoms with Crippen molar-refractivity contribution in [3.63, 3.8) is 0 Å². The summed E-state index contributed by atoms with van der Waals surface area (Å²) in [5, 5.41) is 30.9. The van der Waals surface area contributed by atoms with Gasteiger partial charge in [-0.25, -0.2) is 0 Å². The number of nitrogens with zero attached hydrogens (tertiary/aromatic N) is 1. The van der Waals surface area contributed by atoms with Crippen molar-refractivity contribution in [2.45, 2.75) is 89.1 Å². The first-order chi connectivity index (χ1) is 12.1. The van der Waals surface area contributed by atoms with Crippen LogP contribution < -0.4 is 0 Å². The molecule has 152 valence electrons. The van der Waals surface area contributed by atoms with E-state index in [0.29, 0.717) is 23.2 Å². The van der Waals surface area contributed by atoms with E-state index >= 15 is 0 Å². The van der Waals surface area contributed by atoms with Crippen LogP contribution >= 0.6 is 0 Å². The average molecular weight is 382 g/mol. The Morgan fingerprint density at radius 3 is 2.26 bits per heavy atom. The SMILES string of the molecule is CC1(O)CCC(C(C)(C)[N+](=O)CC2(O)CCC(C(C)(C)O)CC2=O)=CC1=O. The van der Waals surface area contributed by atoms with E-state index < -0.39 is 33.9 Å². The first-order valence-corrected chi connectivity index (χ1v) is 9.50. The molecule has 3 atom stereocenters. The van der Waals surface area contributed by atoms with Gasteiger partial charge >= 0.3 is 0 Å². The third-order valence-electron chi connectivity index (χ3n) is 6.39. The minimum absolute atomic E-state index is 0.0261. The van der Waals surface area contributed by atoms with Gasteiger partial charge in [-0.2, -0.15) is 0 Å². The molecule has 0 aromatic rings. The number of β-amino-alcohol motifs (C(OH)–C–C–N with tert-alkyl or cyclic N) is 1. The Labute approximate surface area is 160 Å². The lowest BCUT2D eigenvalue weighted by molar-refractivity contribution is -0.621. The van der Waals surface area contributed by atoms with Crippen LogP contribution in [0.15, 0.2) is 11.6 Å². The molecule has 0 saturated heterocycles. The summed E-state index contributed by atoms with van der Waals surface area (Å²) in [5.41, 5.74) is -4.70. The van der Waals surface area contributed by atoms with Gasteiger partial charge in [0.1, 0.15) is 5.60 Å². The van der Waals surface area contributed by atoms with Gasteiger partial charge in [0.05, 0.1) is 5.60 Å². The summed E-state index contributed by atoms with van der Waals surface area (Å²) < 4.78 is 0.661. The van der Waals surface area contributed by atoms with Gasteiger partial charge < -0.3 is 15.3 Å². The molecule has 27 heavy (non-hydrogen) atoms. The molecule has 1 fully saturated rings. The quantitative estimate of drug-likeness (QED) is 0.620. The molecule has 7 heteroatoms. The molecule has 0 aromatic heterocycles. The maximum Gasteiger partial charge on any atom is 0.228 e. The van der Waals surface area contributed by atoms with Gasteiger partial charge in [-0.3, -0.25) is 9.59 Å². The Bertz CT molecular complexity index is 685. The van der Waals surface area contributed by atoms with Crippen LogP contribution in [-0.2, 0) is 9.59 Å². The van der Waals surface area contributed by atoms with Crippen molar-refractivity contribution in [2.75, 3.05) is 6.54 Å². The van der Waals surface area contributed by atoms with E-state index in [-0.39, 0.29) is 31.7 Å². The Balaban J connectivity index is 2.14. The molecule has 2 aliphatic carbocycles. The number of rotatable bonds is 5. The zero-order valence-electron chi connectivity index (χ0n) is 16.9. The van der Waals surface area contributed by atoms with Gasteiger partial charge in [0, 0.05) is 35.5 Å². The second kappa shape index (κ2) is 6.87. The number of nitroso groups, excluding NO2 is 1. The standard InChI is InChI=1S/C20H32NO6/c1-17(2,13-6-8-19(5,25)15(22)10-13)21(27)12-20(26)9-7-14(11-16(20)23)18(3,4)24/h10,14,24-26H,6-9,11-12H2,1-5H3/q+1. The maximum atomic E-state index is 12.9. The molecule has 0 heterocycles. The predicted molar refractivity (Wildman–Crippen MR) is 99.1 cm³/mol. The largest absolute Gasteiger partial charge is 0.390 e. The molecule has 7 nitrogen and oxygen atoms in total. The molecule has 0 bridgehead atoms. The van der Waals surface area contributed by atoms with E-state index in [1.54, 1.807) is 27.7 Å². The normalized spacial score (nSPS) is 33.0. The lowest BCUT2D eigenvalue weighted by atomic mass is 9.71. The molecule has 0 aromatic carbocycles. The fraction of sp³-hybridized carbons (Fsp3) is 0.800. The monoisotopic (exact) mass is 382 g/mol. The summed E-state index contributed by atoms with van der Waals surface area (Å²) in [6.07, 6.45) is 2.51. The molecule has 0 aliphatic heterocycles.